The monoisotopic (exact) mass is 295 g/mol. The van der Waals surface area contributed by atoms with Crippen molar-refractivity contribution in [3.05, 3.63) is 40.8 Å². The lowest BCUT2D eigenvalue weighted by Gasteiger charge is -2.13. The second-order valence-electron chi connectivity index (χ2n) is 4.82. The Morgan fingerprint density at radius 2 is 1.80 bits per heavy atom. The van der Waals surface area contributed by atoms with E-state index in [1.165, 1.54) is 0 Å². The number of nitrogens with two attached hydrogens (primary N) is 1. The van der Waals surface area contributed by atoms with Gasteiger partial charge < -0.3 is 10.3 Å². The van der Waals surface area contributed by atoms with Crippen molar-refractivity contribution < 1.29 is 12.9 Å². The van der Waals surface area contributed by atoms with Gasteiger partial charge in [-0.25, -0.2) is 8.42 Å². The molecule has 1 heterocycles. The Bertz CT molecular complexity index is 712. The molecule has 2 rings (SSSR count). The number of rotatable bonds is 4. The number of nitrogen functional groups attached to an aromatic ring is 1. The number of hydrogen-bond donors (Lipinski definition) is 2. The van der Waals surface area contributed by atoms with Crippen LogP contribution in [0.1, 0.15) is 22.6 Å². The van der Waals surface area contributed by atoms with E-state index in [0.29, 0.717) is 22.8 Å². The zero-order valence-electron chi connectivity index (χ0n) is 11.6. The maximum atomic E-state index is 12.1. The highest BCUT2D eigenvalue weighted by Gasteiger charge is 2.17. The molecule has 0 aliphatic carbocycles. The third-order valence-electron chi connectivity index (χ3n) is 2.83. The summed E-state index contributed by atoms with van der Waals surface area (Å²) in [5.74, 6) is 0.350. The van der Waals surface area contributed by atoms with Crippen molar-refractivity contribution in [3.8, 4) is 0 Å². The maximum Gasteiger partial charge on any atom is 0.238 e. The van der Waals surface area contributed by atoms with Crippen molar-refractivity contribution in [2.24, 2.45) is 0 Å². The zero-order valence-corrected chi connectivity index (χ0v) is 12.4. The second kappa shape index (κ2) is 5.16. The van der Waals surface area contributed by atoms with E-state index >= 15 is 0 Å². The van der Waals surface area contributed by atoms with Gasteiger partial charge in [0.25, 0.3) is 0 Å². The van der Waals surface area contributed by atoms with Crippen LogP contribution in [-0.4, -0.2) is 13.6 Å². The SMILES string of the molecule is Cc1cc(CS(=O)(=O)Nc2c(C)cc(N)cc2C)no1. The average molecular weight is 295 g/mol. The molecule has 0 aliphatic heterocycles. The summed E-state index contributed by atoms with van der Waals surface area (Å²) in [6, 6.07) is 5.05. The van der Waals surface area contributed by atoms with E-state index in [2.05, 4.69) is 9.88 Å². The van der Waals surface area contributed by atoms with Crippen LogP contribution in [-0.2, 0) is 15.8 Å². The molecule has 108 valence electrons. The number of aromatic nitrogens is 1. The van der Waals surface area contributed by atoms with Gasteiger partial charge in [-0.05, 0) is 44.0 Å². The molecule has 7 heteroatoms. The summed E-state index contributed by atoms with van der Waals surface area (Å²) in [6.07, 6.45) is 0. The first-order chi connectivity index (χ1) is 9.27. The molecule has 0 spiro atoms. The van der Waals surface area contributed by atoms with Crippen molar-refractivity contribution in [1.82, 2.24) is 5.16 Å². The molecule has 0 aliphatic rings. The van der Waals surface area contributed by atoms with Crippen LogP contribution in [0.5, 0.6) is 0 Å². The Morgan fingerprint density at radius 1 is 1.20 bits per heavy atom. The van der Waals surface area contributed by atoms with E-state index in [-0.39, 0.29) is 5.75 Å². The first-order valence-electron chi connectivity index (χ1n) is 6.06. The molecule has 0 amide bonds. The van der Waals surface area contributed by atoms with E-state index in [9.17, 15) is 8.42 Å². The van der Waals surface area contributed by atoms with Gasteiger partial charge in [-0.15, -0.1) is 0 Å². The number of hydrogen-bond acceptors (Lipinski definition) is 5. The lowest BCUT2D eigenvalue weighted by Crippen LogP contribution is -2.17. The van der Waals surface area contributed by atoms with Crippen LogP contribution in [0.15, 0.2) is 22.7 Å². The van der Waals surface area contributed by atoms with Crippen LogP contribution < -0.4 is 10.5 Å². The summed E-state index contributed by atoms with van der Waals surface area (Å²) in [5.41, 5.74) is 8.82. The summed E-state index contributed by atoms with van der Waals surface area (Å²) in [5, 5.41) is 3.69. The Balaban J connectivity index is 2.25. The topological polar surface area (TPSA) is 98.2 Å². The van der Waals surface area contributed by atoms with Crippen molar-refractivity contribution >= 4 is 21.4 Å². The fourth-order valence-electron chi connectivity index (χ4n) is 2.03. The van der Waals surface area contributed by atoms with E-state index in [0.717, 1.165) is 11.1 Å². The molecule has 0 radical (unpaired) electrons. The minimum Gasteiger partial charge on any atom is -0.399 e. The molecule has 0 saturated heterocycles. The predicted octanol–water partition coefficient (Wildman–Crippen LogP) is 2.12. The Kier molecular flexibility index (Phi) is 3.71. The number of benzene rings is 1. The molecular formula is C13H17N3O3S. The van der Waals surface area contributed by atoms with Gasteiger partial charge in [0, 0.05) is 11.8 Å². The number of anilines is 2. The van der Waals surface area contributed by atoms with Gasteiger partial charge in [-0.3, -0.25) is 4.72 Å². The van der Waals surface area contributed by atoms with E-state index in [4.69, 9.17) is 10.3 Å². The van der Waals surface area contributed by atoms with Crippen LogP contribution in [0.3, 0.4) is 0 Å². The second-order valence-corrected chi connectivity index (χ2v) is 6.54. The minimum absolute atomic E-state index is 0.229. The molecule has 1 aromatic carbocycles. The normalized spacial score (nSPS) is 11.6. The average Bonchev–Trinajstić information content (AvgIpc) is 2.68. The first-order valence-corrected chi connectivity index (χ1v) is 7.71. The highest BCUT2D eigenvalue weighted by molar-refractivity contribution is 7.91. The molecule has 0 atom stereocenters. The largest absolute Gasteiger partial charge is 0.399 e. The zero-order chi connectivity index (χ0) is 14.9. The van der Waals surface area contributed by atoms with Gasteiger partial charge in [-0.2, -0.15) is 0 Å². The predicted molar refractivity (Wildman–Crippen MR) is 77.8 cm³/mol. The summed E-state index contributed by atoms with van der Waals surface area (Å²) in [6.45, 7) is 5.33. The lowest BCUT2D eigenvalue weighted by molar-refractivity contribution is 0.392. The van der Waals surface area contributed by atoms with Crippen LogP contribution in [0.2, 0.25) is 0 Å². The molecule has 6 nitrogen and oxygen atoms in total. The molecule has 2 aromatic rings. The number of sulfonamides is 1. The van der Waals surface area contributed by atoms with E-state index < -0.39 is 10.0 Å². The number of nitrogens with one attached hydrogen (secondary N) is 1. The minimum atomic E-state index is -3.55. The van der Waals surface area contributed by atoms with Crippen molar-refractivity contribution in [2.45, 2.75) is 26.5 Å². The smallest absolute Gasteiger partial charge is 0.238 e. The van der Waals surface area contributed by atoms with Crippen LogP contribution in [0.25, 0.3) is 0 Å². The van der Waals surface area contributed by atoms with Crippen molar-refractivity contribution in [3.63, 3.8) is 0 Å². The standard InChI is InChI=1S/C13H17N3O3S/c1-8-4-11(14)5-9(2)13(8)16-20(17,18)7-12-6-10(3)19-15-12/h4-6,16H,7,14H2,1-3H3. The molecule has 0 fully saturated rings. The lowest BCUT2D eigenvalue weighted by atomic mass is 10.1. The highest BCUT2D eigenvalue weighted by atomic mass is 32.2. The number of nitrogens with zero attached hydrogens (tertiary/aromatic N) is 1. The summed E-state index contributed by atoms with van der Waals surface area (Å²) >= 11 is 0. The molecule has 0 bridgehead atoms. The van der Waals surface area contributed by atoms with Gasteiger partial charge in [0.05, 0.1) is 5.69 Å². The third-order valence-corrected chi connectivity index (χ3v) is 4.02. The van der Waals surface area contributed by atoms with Gasteiger partial charge in [0.1, 0.15) is 17.2 Å². The molecule has 0 unspecified atom stereocenters. The van der Waals surface area contributed by atoms with E-state index in [1.54, 1.807) is 25.1 Å². The Labute approximate surface area is 118 Å². The Hall–Kier alpha value is -2.02. The first kappa shape index (κ1) is 14.4. The van der Waals surface area contributed by atoms with Crippen LogP contribution >= 0.6 is 0 Å². The molecule has 0 saturated carbocycles. The molecule has 1 aromatic heterocycles. The molecule has 20 heavy (non-hydrogen) atoms. The van der Waals surface area contributed by atoms with Gasteiger partial charge in [-0.1, -0.05) is 5.16 Å². The Morgan fingerprint density at radius 3 is 2.30 bits per heavy atom. The van der Waals surface area contributed by atoms with Gasteiger partial charge >= 0.3 is 0 Å². The number of aryl methyl sites for hydroxylation is 3. The van der Waals surface area contributed by atoms with E-state index in [1.807, 2.05) is 13.8 Å². The fraction of sp³-hybridized carbons (Fsp3) is 0.308. The summed E-state index contributed by atoms with van der Waals surface area (Å²) in [7, 11) is -3.55. The molecule has 3 N–H and O–H groups in total. The molecular weight excluding hydrogens is 278 g/mol. The third kappa shape index (κ3) is 3.30. The summed E-state index contributed by atoms with van der Waals surface area (Å²) in [4.78, 5) is 0. The van der Waals surface area contributed by atoms with Gasteiger partial charge in [0.15, 0.2) is 0 Å². The van der Waals surface area contributed by atoms with Crippen LogP contribution in [0, 0.1) is 20.8 Å². The quantitative estimate of drug-likeness (QED) is 0.842. The van der Waals surface area contributed by atoms with Gasteiger partial charge in [0.2, 0.25) is 10.0 Å². The fourth-order valence-corrected chi connectivity index (χ4v) is 3.26. The highest BCUT2D eigenvalue weighted by Crippen LogP contribution is 2.25. The summed E-state index contributed by atoms with van der Waals surface area (Å²) < 4.78 is 31.7. The maximum absolute atomic E-state index is 12.1. The van der Waals surface area contributed by atoms with Crippen LogP contribution in [0.4, 0.5) is 11.4 Å². The van der Waals surface area contributed by atoms with Crippen molar-refractivity contribution in [2.75, 3.05) is 10.5 Å². The van der Waals surface area contributed by atoms with Crippen molar-refractivity contribution in [1.29, 1.82) is 0 Å².